The number of methoxy groups -OCH3 is 1. The maximum absolute atomic E-state index is 5.17. The van der Waals surface area contributed by atoms with Gasteiger partial charge in [-0.3, -0.25) is 0 Å². The molecule has 2 nitrogen and oxygen atoms in total. The molecule has 0 saturated heterocycles. The van der Waals surface area contributed by atoms with Crippen LogP contribution in [0.3, 0.4) is 0 Å². The molecule has 0 saturated carbocycles. The third kappa shape index (κ3) is 4.39. The Kier molecular flexibility index (Phi) is 5.63. The Balaban J connectivity index is 1.70. The van der Waals surface area contributed by atoms with E-state index in [2.05, 4.69) is 54.7 Å². The average Bonchev–Trinajstić information content (AvgIpc) is 2.53. The molecule has 2 aromatic carbocycles. The Morgan fingerprint density at radius 1 is 1.00 bits per heavy atom. The summed E-state index contributed by atoms with van der Waals surface area (Å²) in [5, 5.41) is 2.40. The van der Waals surface area contributed by atoms with E-state index in [9.17, 15) is 0 Å². The molecular weight excluding hydrogens is 246 g/mol. The summed E-state index contributed by atoms with van der Waals surface area (Å²) >= 11 is 0. The van der Waals surface area contributed by atoms with Crippen molar-refractivity contribution in [2.24, 2.45) is 0 Å². The average molecular weight is 270 g/mol. The smallest absolute Gasteiger partial charge is 0.118 e. The Labute approximate surface area is 121 Å². The highest BCUT2D eigenvalue weighted by Crippen LogP contribution is 2.12. The van der Waals surface area contributed by atoms with Crippen molar-refractivity contribution < 1.29 is 10.1 Å². The fourth-order valence-corrected chi connectivity index (χ4v) is 2.35. The molecule has 2 rings (SSSR count). The third-order valence-corrected chi connectivity index (χ3v) is 3.69. The molecule has 106 valence electrons. The molecule has 2 heteroatoms. The molecule has 0 heterocycles. The summed E-state index contributed by atoms with van der Waals surface area (Å²) in [5.41, 5.74) is 2.79. The minimum absolute atomic E-state index is 0.604. The van der Waals surface area contributed by atoms with Crippen molar-refractivity contribution in [1.82, 2.24) is 0 Å². The molecule has 0 aliphatic heterocycles. The van der Waals surface area contributed by atoms with Gasteiger partial charge in [0.1, 0.15) is 5.75 Å². The number of ether oxygens (including phenoxy) is 1. The Bertz CT molecular complexity index is 493. The summed E-state index contributed by atoms with van der Waals surface area (Å²) in [6.07, 6.45) is 1.10. The van der Waals surface area contributed by atoms with Crippen molar-refractivity contribution in [2.75, 3.05) is 20.2 Å². The fourth-order valence-electron chi connectivity index (χ4n) is 2.35. The first-order valence-corrected chi connectivity index (χ1v) is 7.29. The third-order valence-electron chi connectivity index (χ3n) is 3.69. The van der Waals surface area contributed by atoms with Crippen LogP contribution in [0.1, 0.15) is 24.0 Å². The lowest BCUT2D eigenvalue weighted by Gasteiger charge is -2.10. The predicted octanol–water partition coefficient (Wildman–Crippen LogP) is 2.60. The van der Waals surface area contributed by atoms with Gasteiger partial charge in [-0.25, -0.2) is 0 Å². The first kappa shape index (κ1) is 14.6. The van der Waals surface area contributed by atoms with Gasteiger partial charge in [0.15, 0.2) is 0 Å². The van der Waals surface area contributed by atoms with E-state index in [0.29, 0.717) is 5.92 Å². The lowest BCUT2D eigenvalue weighted by Crippen LogP contribution is -2.85. The fraction of sp³-hybridized carbons (Fsp3) is 0.333. The van der Waals surface area contributed by atoms with Gasteiger partial charge in [0.2, 0.25) is 0 Å². The van der Waals surface area contributed by atoms with Gasteiger partial charge in [-0.05, 0) is 23.3 Å². The number of hydrogen-bond donors (Lipinski definition) is 1. The highest BCUT2D eigenvalue weighted by molar-refractivity contribution is 5.27. The minimum Gasteiger partial charge on any atom is -0.497 e. The van der Waals surface area contributed by atoms with Crippen LogP contribution >= 0.6 is 0 Å². The molecule has 0 spiro atoms. The van der Waals surface area contributed by atoms with Gasteiger partial charge in [0, 0.05) is 12.3 Å². The standard InChI is InChI=1S/C18H23NO/c1-15(17-6-4-3-5-7-17)14-19-13-12-16-8-10-18(20-2)11-9-16/h3-11,15,19H,12-14H2,1-2H3/p+1/t15-/m1/s1. The van der Waals surface area contributed by atoms with Crippen molar-refractivity contribution >= 4 is 0 Å². The van der Waals surface area contributed by atoms with E-state index in [-0.39, 0.29) is 0 Å². The van der Waals surface area contributed by atoms with Gasteiger partial charge in [0.05, 0.1) is 20.2 Å². The van der Waals surface area contributed by atoms with E-state index in [4.69, 9.17) is 4.74 Å². The maximum Gasteiger partial charge on any atom is 0.118 e. The van der Waals surface area contributed by atoms with E-state index in [1.807, 2.05) is 12.1 Å². The zero-order valence-corrected chi connectivity index (χ0v) is 12.4. The largest absolute Gasteiger partial charge is 0.497 e. The van der Waals surface area contributed by atoms with Crippen LogP contribution < -0.4 is 10.1 Å². The molecule has 1 atom stereocenters. The van der Waals surface area contributed by atoms with Gasteiger partial charge in [-0.15, -0.1) is 0 Å². The summed E-state index contributed by atoms with van der Waals surface area (Å²) in [6, 6.07) is 19.1. The predicted molar refractivity (Wildman–Crippen MR) is 83.2 cm³/mol. The number of rotatable bonds is 7. The van der Waals surface area contributed by atoms with Crippen LogP contribution in [-0.2, 0) is 6.42 Å². The molecule has 0 radical (unpaired) electrons. The van der Waals surface area contributed by atoms with E-state index in [0.717, 1.165) is 25.3 Å². The van der Waals surface area contributed by atoms with Gasteiger partial charge in [0.25, 0.3) is 0 Å². The van der Waals surface area contributed by atoms with Gasteiger partial charge >= 0.3 is 0 Å². The van der Waals surface area contributed by atoms with Crippen LogP contribution in [0.15, 0.2) is 54.6 Å². The Hall–Kier alpha value is -1.80. The number of nitrogens with two attached hydrogens (primary N) is 1. The first-order valence-electron chi connectivity index (χ1n) is 7.29. The molecule has 0 aliphatic rings. The first-order chi connectivity index (χ1) is 9.79. The van der Waals surface area contributed by atoms with E-state index in [1.54, 1.807) is 7.11 Å². The molecule has 2 aromatic rings. The Morgan fingerprint density at radius 2 is 1.70 bits per heavy atom. The zero-order valence-electron chi connectivity index (χ0n) is 12.4. The van der Waals surface area contributed by atoms with Gasteiger partial charge < -0.3 is 10.1 Å². The molecule has 0 aliphatic carbocycles. The lowest BCUT2D eigenvalue weighted by molar-refractivity contribution is -0.656. The van der Waals surface area contributed by atoms with Gasteiger partial charge in [-0.1, -0.05) is 49.4 Å². The van der Waals surface area contributed by atoms with Crippen molar-refractivity contribution in [3.05, 3.63) is 65.7 Å². The lowest BCUT2D eigenvalue weighted by atomic mass is 10.0. The van der Waals surface area contributed by atoms with E-state index < -0.39 is 0 Å². The molecule has 0 bridgehead atoms. The van der Waals surface area contributed by atoms with Crippen LogP contribution in [0.25, 0.3) is 0 Å². The molecule has 0 fully saturated rings. The molecule has 0 amide bonds. The van der Waals surface area contributed by atoms with Gasteiger partial charge in [-0.2, -0.15) is 0 Å². The summed E-state index contributed by atoms with van der Waals surface area (Å²) in [6.45, 7) is 4.56. The van der Waals surface area contributed by atoms with Crippen LogP contribution in [0.5, 0.6) is 5.75 Å². The van der Waals surface area contributed by atoms with Crippen molar-refractivity contribution in [2.45, 2.75) is 19.3 Å². The van der Waals surface area contributed by atoms with E-state index in [1.165, 1.54) is 11.1 Å². The number of quaternary nitrogens is 1. The number of hydrogen-bond acceptors (Lipinski definition) is 1. The second-order valence-electron chi connectivity index (χ2n) is 5.22. The quantitative estimate of drug-likeness (QED) is 0.769. The minimum atomic E-state index is 0.604. The van der Waals surface area contributed by atoms with Crippen LogP contribution in [0.4, 0.5) is 0 Å². The molecule has 0 aromatic heterocycles. The molecule has 0 unspecified atom stereocenters. The molecule has 2 N–H and O–H groups in total. The maximum atomic E-state index is 5.17. The summed E-state index contributed by atoms with van der Waals surface area (Å²) in [4.78, 5) is 0. The van der Waals surface area contributed by atoms with Crippen molar-refractivity contribution in [3.8, 4) is 5.75 Å². The van der Waals surface area contributed by atoms with Crippen molar-refractivity contribution in [1.29, 1.82) is 0 Å². The van der Waals surface area contributed by atoms with Crippen LogP contribution in [-0.4, -0.2) is 20.2 Å². The van der Waals surface area contributed by atoms with Crippen LogP contribution in [0, 0.1) is 0 Å². The molecular formula is C18H24NO+. The SMILES string of the molecule is COc1ccc(CC[NH2+]C[C@@H](C)c2ccccc2)cc1. The zero-order chi connectivity index (χ0) is 14.2. The molecule has 20 heavy (non-hydrogen) atoms. The normalized spacial score (nSPS) is 12.1. The summed E-state index contributed by atoms with van der Waals surface area (Å²) in [5.74, 6) is 1.53. The number of benzene rings is 2. The van der Waals surface area contributed by atoms with Crippen LogP contribution in [0.2, 0.25) is 0 Å². The monoisotopic (exact) mass is 270 g/mol. The second kappa shape index (κ2) is 7.71. The second-order valence-corrected chi connectivity index (χ2v) is 5.22. The van der Waals surface area contributed by atoms with Crippen molar-refractivity contribution in [3.63, 3.8) is 0 Å². The highest BCUT2D eigenvalue weighted by atomic mass is 16.5. The summed E-state index contributed by atoms with van der Waals surface area (Å²) in [7, 11) is 1.70. The Morgan fingerprint density at radius 3 is 2.35 bits per heavy atom. The van der Waals surface area contributed by atoms with E-state index >= 15 is 0 Å². The highest BCUT2D eigenvalue weighted by Gasteiger charge is 2.06. The summed E-state index contributed by atoms with van der Waals surface area (Å²) < 4.78 is 5.17. The topological polar surface area (TPSA) is 25.8 Å².